The average Bonchev–Trinajstić information content (AvgIpc) is 2.89. The normalized spacial score (nSPS) is 12.6. The first-order chi connectivity index (χ1) is 9.60. The van der Waals surface area contributed by atoms with Gasteiger partial charge in [-0.2, -0.15) is 5.10 Å². The first-order valence-electron chi connectivity index (χ1n) is 6.79. The van der Waals surface area contributed by atoms with Crippen LogP contribution in [-0.4, -0.2) is 16.3 Å². The number of nitrogens with one attached hydrogen (secondary N) is 1. The van der Waals surface area contributed by atoms with E-state index in [-0.39, 0.29) is 11.9 Å². The van der Waals surface area contributed by atoms with Crippen molar-refractivity contribution in [1.29, 1.82) is 0 Å². The molecule has 0 amide bonds. The van der Waals surface area contributed by atoms with Crippen molar-refractivity contribution in [3.8, 4) is 0 Å². The van der Waals surface area contributed by atoms with E-state index in [1.807, 2.05) is 12.4 Å². The molecule has 0 aliphatic heterocycles. The van der Waals surface area contributed by atoms with Gasteiger partial charge in [0.25, 0.3) is 0 Å². The van der Waals surface area contributed by atoms with Gasteiger partial charge in [0, 0.05) is 28.4 Å². The van der Waals surface area contributed by atoms with Crippen LogP contribution in [-0.2, 0) is 6.54 Å². The minimum absolute atomic E-state index is 0.243. The van der Waals surface area contributed by atoms with Gasteiger partial charge in [-0.3, -0.25) is 4.68 Å². The topological polar surface area (TPSA) is 29.9 Å². The molecule has 1 aromatic carbocycles. The second kappa shape index (κ2) is 6.86. The van der Waals surface area contributed by atoms with Gasteiger partial charge in [0.2, 0.25) is 0 Å². The van der Waals surface area contributed by atoms with Crippen LogP contribution in [0, 0.1) is 5.82 Å². The minimum Gasteiger partial charge on any atom is -0.310 e. The molecule has 1 heterocycles. The predicted molar refractivity (Wildman–Crippen MR) is 79.4 cm³/mol. The van der Waals surface area contributed by atoms with Crippen LogP contribution in [0.1, 0.15) is 37.4 Å². The van der Waals surface area contributed by atoms with E-state index in [9.17, 15) is 4.39 Å². The molecule has 1 aromatic heterocycles. The summed E-state index contributed by atoms with van der Waals surface area (Å²) in [5.41, 5.74) is 1.64. The first-order valence-corrected chi connectivity index (χ1v) is 7.17. The highest BCUT2D eigenvalue weighted by molar-refractivity contribution is 6.30. The van der Waals surface area contributed by atoms with Gasteiger partial charge < -0.3 is 5.32 Å². The van der Waals surface area contributed by atoms with Crippen molar-refractivity contribution in [2.75, 3.05) is 6.54 Å². The molecule has 0 saturated carbocycles. The SMILES string of the molecule is CCCNC(C)c1cnn(Cc2cc(Cl)ccc2F)c1. The summed E-state index contributed by atoms with van der Waals surface area (Å²) in [6.45, 7) is 5.57. The van der Waals surface area contributed by atoms with Crippen LogP contribution in [0.2, 0.25) is 5.02 Å². The predicted octanol–water partition coefficient (Wildman–Crippen LogP) is 3.78. The second-order valence-electron chi connectivity index (χ2n) is 4.88. The summed E-state index contributed by atoms with van der Waals surface area (Å²) in [5, 5.41) is 8.21. The number of aromatic nitrogens is 2. The van der Waals surface area contributed by atoms with E-state index in [2.05, 4.69) is 24.3 Å². The molecule has 0 aliphatic rings. The Morgan fingerprint density at radius 2 is 2.25 bits per heavy atom. The van der Waals surface area contributed by atoms with Gasteiger partial charge in [-0.15, -0.1) is 0 Å². The fourth-order valence-corrected chi connectivity index (χ4v) is 2.20. The number of halogens is 2. The number of nitrogens with zero attached hydrogens (tertiary/aromatic N) is 2. The summed E-state index contributed by atoms with van der Waals surface area (Å²) in [6, 6.07) is 4.81. The number of rotatable bonds is 6. The summed E-state index contributed by atoms with van der Waals surface area (Å²) < 4.78 is 15.4. The fourth-order valence-electron chi connectivity index (χ4n) is 2.01. The molecule has 20 heavy (non-hydrogen) atoms. The molecule has 1 N–H and O–H groups in total. The molecule has 0 spiro atoms. The van der Waals surface area contributed by atoms with Crippen molar-refractivity contribution in [3.63, 3.8) is 0 Å². The second-order valence-corrected chi connectivity index (χ2v) is 5.32. The summed E-state index contributed by atoms with van der Waals surface area (Å²) >= 11 is 5.89. The van der Waals surface area contributed by atoms with E-state index < -0.39 is 0 Å². The van der Waals surface area contributed by atoms with Crippen molar-refractivity contribution in [3.05, 3.63) is 52.6 Å². The third kappa shape index (κ3) is 3.81. The molecule has 1 unspecified atom stereocenters. The van der Waals surface area contributed by atoms with E-state index in [1.165, 1.54) is 6.07 Å². The Kier molecular flexibility index (Phi) is 5.15. The van der Waals surface area contributed by atoms with Gasteiger partial charge in [0.1, 0.15) is 5.82 Å². The Labute approximate surface area is 123 Å². The lowest BCUT2D eigenvalue weighted by molar-refractivity contribution is 0.567. The molecule has 1 atom stereocenters. The summed E-state index contributed by atoms with van der Waals surface area (Å²) in [4.78, 5) is 0. The molecule has 2 rings (SSSR count). The number of hydrogen-bond acceptors (Lipinski definition) is 2. The van der Waals surface area contributed by atoms with Crippen molar-refractivity contribution in [2.24, 2.45) is 0 Å². The van der Waals surface area contributed by atoms with E-state index in [1.54, 1.807) is 16.8 Å². The third-order valence-corrected chi connectivity index (χ3v) is 3.43. The summed E-state index contributed by atoms with van der Waals surface area (Å²) in [7, 11) is 0. The van der Waals surface area contributed by atoms with Crippen molar-refractivity contribution in [1.82, 2.24) is 15.1 Å². The lowest BCUT2D eigenvalue weighted by atomic mass is 10.2. The first kappa shape index (κ1) is 15.0. The Morgan fingerprint density at radius 3 is 3.00 bits per heavy atom. The maximum Gasteiger partial charge on any atom is 0.128 e. The van der Waals surface area contributed by atoms with Crippen LogP contribution in [0.4, 0.5) is 4.39 Å². The largest absolute Gasteiger partial charge is 0.310 e. The summed E-state index contributed by atoms with van der Waals surface area (Å²) in [6.07, 6.45) is 4.84. The minimum atomic E-state index is -0.261. The zero-order valence-electron chi connectivity index (χ0n) is 11.7. The molecule has 0 fully saturated rings. The van der Waals surface area contributed by atoms with Crippen LogP contribution in [0.3, 0.4) is 0 Å². The van der Waals surface area contributed by atoms with Crippen LogP contribution in [0.15, 0.2) is 30.6 Å². The molecule has 3 nitrogen and oxygen atoms in total. The Hall–Kier alpha value is -1.39. The van der Waals surface area contributed by atoms with E-state index in [4.69, 9.17) is 11.6 Å². The standard InChI is InChI=1S/C15H19ClFN3/c1-3-6-18-11(2)13-8-19-20(10-13)9-12-7-14(16)4-5-15(12)17/h4-5,7-8,10-11,18H,3,6,9H2,1-2H3. The average molecular weight is 296 g/mol. The molecule has 108 valence electrons. The Balaban J connectivity index is 2.07. The highest BCUT2D eigenvalue weighted by atomic mass is 35.5. The lowest BCUT2D eigenvalue weighted by Crippen LogP contribution is -2.18. The molecule has 0 bridgehead atoms. The fraction of sp³-hybridized carbons (Fsp3) is 0.400. The molecule has 2 aromatic rings. The van der Waals surface area contributed by atoms with Gasteiger partial charge >= 0.3 is 0 Å². The zero-order chi connectivity index (χ0) is 14.5. The van der Waals surface area contributed by atoms with Crippen molar-refractivity contribution < 1.29 is 4.39 Å². The maximum atomic E-state index is 13.7. The Bertz CT molecular complexity index is 568. The number of hydrogen-bond donors (Lipinski definition) is 1. The quantitative estimate of drug-likeness (QED) is 0.879. The van der Waals surface area contributed by atoms with Crippen LogP contribution >= 0.6 is 11.6 Å². The summed E-state index contributed by atoms with van der Waals surface area (Å²) in [5.74, 6) is -0.261. The van der Waals surface area contributed by atoms with E-state index in [0.717, 1.165) is 18.5 Å². The van der Waals surface area contributed by atoms with Gasteiger partial charge in [0.05, 0.1) is 12.7 Å². The molecule has 0 saturated heterocycles. The smallest absolute Gasteiger partial charge is 0.128 e. The maximum absolute atomic E-state index is 13.7. The van der Waals surface area contributed by atoms with Gasteiger partial charge in [0.15, 0.2) is 0 Å². The van der Waals surface area contributed by atoms with E-state index >= 15 is 0 Å². The van der Waals surface area contributed by atoms with E-state index in [0.29, 0.717) is 17.1 Å². The van der Waals surface area contributed by atoms with Gasteiger partial charge in [-0.1, -0.05) is 18.5 Å². The molecule has 0 aliphatic carbocycles. The van der Waals surface area contributed by atoms with Gasteiger partial charge in [-0.05, 0) is 38.1 Å². The monoisotopic (exact) mass is 295 g/mol. The highest BCUT2D eigenvalue weighted by Gasteiger charge is 2.09. The molecular formula is C15H19ClFN3. The Morgan fingerprint density at radius 1 is 1.45 bits per heavy atom. The molecular weight excluding hydrogens is 277 g/mol. The van der Waals surface area contributed by atoms with Crippen LogP contribution < -0.4 is 5.32 Å². The van der Waals surface area contributed by atoms with Gasteiger partial charge in [-0.25, -0.2) is 4.39 Å². The highest BCUT2D eigenvalue weighted by Crippen LogP contribution is 2.17. The lowest BCUT2D eigenvalue weighted by Gasteiger charge is -2.10. The van der Waals surface area contributed by atoms with Crippen molar-refractivity contribution >= 4 is 11.6 Å². The third-order valence-electron chi connectivity index (χ3n) is 3.19. The zero-order valence-corrected chi connectivity index (χ0v) is 12.5. The molecule has 5 heteroatoms. The molecule has 0 radical (unpaired) electrons. The van der Waals surface area contributed by atoms with Crippen LogP contribution in [0.25, 0.3) is 0 Å². The van der Waals surface area contributed by atoms with Crippen molar-refractivity contribution in [2.45, 2.75) is 32.9 Å². The number of benzene rings is 1. The van der Waals surface area contributed by atoms with Crippen LogP contribution in [0.5, 0.6) is 0 Å².